The zero-order valence-electron chi connectivity index (χ0n) is 11.2. The summed E-state index contributed by atoms with van der Waals surface area (Å²) in [4.78, 5) is 2.35. The smallest absolute Gasteiger partial charge is 0.145 e. The molecule has 1 aromatic carbocycles. The number of benzene rings is 1. The molecule has 0 aromatic heterocycles. The van der Waals surface area contributed by atoms with Crippen molar-refractivity contribution in [3.05, 3.63) is 29.8 Å². The third-order valence-corrected chi connectivity index (χ3v) is 4.03. The number of nitrogens with zero attached hydrogens (tertiary/aromatic N) is 2. The fourth-order valence-corrected chi connectivity index (χ4v) is 2.44. The normalized spacial score (nSPS) is 20.4. The van der Waals surface area contributed by atoms with Crippen LogP contribution in [0.25, 0.3) is 0 Å². The SMILES string of the molecule is CC1(/C(N)=N/O)CCN(Cc2ccc(O)cc2)CC1. The van der Waals surface area contributed by atoms with Crippen LogP contribution in [0.15, 0.2) is 29.4 Å². The fraction of sp³-hybridized carbons (Fsp3) is 0.500. The quantitative estimate of drug-likeness (QED) is 0.336. The standard InChI is InChI=1S/C14H21N3O2/c1-14(13(15)16-19)6-8-17(9-7-14)10-11-2-4-12(18)5-3-11/h2-5,18-19H,6-10H2,1H3,(H2,15,16). The molecule has 1 aliphatic heterocycles. The number of phenols is 1. The second-order valence-corrected chi connectivity index (χ2v) is 5.49. The zero-order valence-corrected chi connectivity index (χ0v) is 11.2. The van der Waals surface area contributed by atoms with Crippen LogP contribution in [-0.2, 0) is 6.54 Å². The van der Waals surface area contributed by atoms with Crippen LogP contribution in [0.1, 0.15) is 25.3 Å². The van der Waals surface area contributed by atoms with Crippen molar-refractivity contribution >= 4 is 5.84 Å². The first-order valence-electron chi connectivity index (χ1n) is 6.52. The van der Waals surface area contributed by atoms with E-state index in [0.29, 0.717) is 11.6 Å². The lowest BCUT2D eigenvalue weighted by Gasteiger charge is -2.38. The van der Waals surface area contributed by atoms with Gasteiger partial charge in [0, 0.05) is 12.0 Å². The lowest BCUT2D eigenvalue weighted by molar-refractivity contribution is 0.153. The van der Waals surface area contributed by atoms with Crippen LogP contribution in [0, 0.1) is 5.41 Å². The van der Waals surface area contributed by atoms with E-state index in [2.05, 4.69) is 10.1 Å². The van der Waals surface area contributed by atoms with Gasteiger partial charge in [0.1, 0.15) is 11.6 Å². The first kappa shape index (κ1) is 13.7. The summed E-state index contributed by atoms with van der Waals surface area (Å²) in [6, 6.07) is 7.29. The van der Waals surface area contributed by atoms with E-state index in [1.54, 1.807) is 12.1 Å². The molecule has 1 saturated heterocycles. The highest BCUT2D eigenvalue weighted by atomic mass is 16.4. The Labute approximate surface area is 113 Å². The molecular weight excluding hydrogens is 242 g/mol. The minimum absolute atomic E-state index is 0.194. The Kier molecular flexibility index (Phi) is 3.95. The molecule has 1 heterocycles. The van der Waals surface area contributed by atoms with Crippen LogP contribution in [0.3, 0.4) is 0 Å². The summed E-state index contributed by atoms with van der Waals surface area (Å²) in [6.45, 7) is 4.76. The number of piperidine rings is 1. The van der Waals surface area contributed by atoms with Gasteiger partial charge in [-0.15, -0.1) is 0 Å². The van der Waals surface area contributed by atoms with E-state index in [-0.39, 0.29) is 5.41 Å². The molecule has 19 heavy (non-hydrogen) atoms. The molecule has 1 aliphatic rings. The van der Waals surface area contributed by atoms with E-state index < -0.39 is 0 Å². The van der Waals surface area contributed by atoms with Crippen molar-refractivity contribution < 1.29 is 10.3 Å². The average Bonchev–Trinajstić information content (AvgIpc) is 2.43. The van der Waals surface area contributed by atoms with Crippen molar-refractivity contribution in [2.45, 2.75) is 26.3 Å². The van der Waals surface area contributed by atoms with Gasteiger partial charge < -0.3 is 16.0 Å². The van der Waals surface area contributed by atoms with E-state index in [1.807, 2.05) is 19.1 Å². The van der Waals surface area contributed by atoms with Crippen LogP contribution >= 0.6 is 0 Å². The molecule has 0 spiro atoms. The Morgan fingerprint density at radius 3 is 2.42 bits per heavy atom. The molecular formula is C14H21N3O2. The minimum Gasteiger partial charge on any atom is -0.508 e. The lowest BCUT2D eigenvalue weighted by Crippen LogP contribution is -2.45. The Bertz CT molecular complexity index is 448. The molecule has 0 bridgehead atoms. The monoisotopic (exact) mass is 263 g/mol. The number of amidine groups is 1. The maximum Gasteiger partial charge on any atom is 0.145 e. The van der Waals surface area contributed by atoms with Gasteiger partial charge in [-0.2, -0.15) is 0 Å². The first-order valence-corrected chi connectivity index (χ1v) is 6.52. The summed E-state index contributed by atoms with van der Waals surface area (Å²) in [7, 11) is 0. The number of hydrogen-bond donors (Lipinski definition) is 3. The predicted octanol–water partition coefficient (Wildman–Crippen LogP) is 1.74. The van der Waals surface area contributed by atoms with E-state index >= 15 is 0 Å². The molecule has 1 fully saturated rings. The average molecular weight is 263 g/mol. The van der Waals surface area contributed by atoms with Crippen LogP contribution in [0.2, 0.25) is 0 Å². The molecule has 0 amide bonds. The molecule has 0 atom stereocenters. The van der Waals surface area contributed by atoms with Crippen LogP contribution < -0.4 is 5.73 Å². The summed E-state index contributed by atoms with van der Waals surface area (Å²) >= 11 is 0. The van der Waals surface area contributed by atoms with Gasteiger partial charge in [0.25, 0.3) is 0 Å². The molecule has 2 rings (SSSR count). The lowest BCUT2D eigenvalue weighted by atomic mass is 9.79. The Balaban J connectivity index is 1.92. The van der Waals surface area contributed by atoms with Crippen LogP contribution in [0.5, 0.6) is 5.75 Å². The molecule has 5 heteroatoms. The van der Waals surface area contributed by atoms with Gasteiger partial charge in [0.05, 0.1) is 0 Å². The van der Waals surface area contributed by atoms with Gasteiger partial charge in [-0.25, -0.2) is 0 Å². The van der Waals surface area contributed by atoms with E-state index in [9.17, 15) is 5.11 Å². The number of oxime groups is 1. The van der Waals surface area contributed by atoms with Crippen LogP contribution in [0.4, 0.5) is 0 Å². The number of aromatic hydroxyl groups is 1. The van der Waals surface area contributed by atoms with Gasteiger partial charge in [0.2, 0.25) is 0 Å². The van der Waals surface area contributed by atoms with Gasteiger partial charge in [0.15, 0.2) is 0 Å². The van der Waals surface area contributed by atoms with Crippen LogP contribution in [-0.4, -0.2) is 34.1 Å². The molecule has 0 saturated carbocycles. The Morgan fingerprint density at radius 2 is 1.89 bits per heavy atom. The topological polar surface area (TPSA) is 82.1 Å². The summed E-state index contributed by atoms with van der Waals surface area (Å²) in [6.07, 6.45) is 1.78. The summed E-state index contributed by atoms with van der Waals surface area (Å²) in [5.41, 5.74) is 6.74. The largest absolute Gasteiger partial charge is 0.508 e. The molecule has 4 N–H and O–H groups in total. The maximum absolute atomic E-state index is 9.26. The molecule has 0 aliphatic carbocycles. The highest BCUT2D eigenvalue weighted by molar-refractivity contribution is 5.85. The number of hydrogen-bond acceptors (Lipinski definition) is 4. The summed E-state index contributed by atoms with van der Waals surface area (Å²) < 4.78 is 0. The van der Waals surface area contributed by atoms with E-state index in [4.69, 9.17) is 10.9 Å². The summed E-state index contributed by atoms with van der Waals surface area (Å²) in [5.74, 6) is 0.624. The van der Waals surface area contributed by atoms with E-state index in [0.717, 1.165) is 32.5 Å². The Hall–Kier alpha value is -1.75. The van der Waals surface area contributed by atoms with Crippen molar-refractivity contribution in [2.24, 2.45) is 16.3 Å². The van der Waals surface area contributed by atoms with E-state index in [1.165, 1.54) is 5.56 Å². The van der Waals surface area contributed by atoms with Gasteiger partial charge in [-0.3, -0.25) is 4.90 Å². The van der Waals surface area contributed by atoms with Gasteiger partial charge >= 0.3 is 0 Å². The van der Waals surface area contributed by atoms with Crippen molar-refractivity contribution in [2.75, 3.05) is 13.1 Å². The van der Waals surface area contributed by atoms with Gasteiger partial charge in [-0.05, 0) is 43.6 Å². The number of likely N-dealkylation sites (tertiary alicyclic amines) is 1. The molecule has 5 nitrogen and oxygen atoms in total. The molecule has 104 valence electrons. The van der Waals surface area contributed by atoms with Crippen molar-refractivity contribution in [1.82, 2.24) is 4.90 Å². The summed E-state index contributed by atoms with van der Waals surface area (Å²) in [5, 5.41) is 21.2. The number of rotatable bonds is 3. The predicted molar refractivity (Wildman–Crippen MR) is 74.1 cm³/mol. The number of phenolic OH excluding ortho intramolecular Hbond substituents is 1. The van der Waals surface area contributed by atoms with Crippen molar-refractivity contribution in [3.63, 3.8) is 0 Å². The zero-order chi connectivity index (χ0) is 13.9. The highest BCUT2D eigenvalue weighted by Gasteiger charge is 2.34. The van der Waals surface area contributed by atoms with Crippen molar-refractivity contribution in [1.29, 1.82) is 0 Å². The third kappa shape index (κ3) is 3.17. The highest BCUT2D eigenvalue weighted by Crippen LogP contribution is 2.31. The molecule has 1 aromatic rings. The maximum atomic E-state index is 9.26. The van der Waals surface area contributed by atoms with Gasteiger partial charge in [-0.1, -0.05) is 24.2 Å². The molecule has 0 radical (unpaired) electrons. The number of nitrogens with two attached hydrogens (primary N) is 1. The third-order valence-electron chi connectivity index (χ3n) is 4.03. The first-order chi connectivity index (χ1) is 9.03. The second-order valence-electron chi connectivity index (χ2n) is 5.49. The van der Waals surface area contributed by atoms with Crippen molar-refractivity contribution in [3.8, 4) is 5.75 Å². The fourth-order valence-electron chi connectivity index (χ4n) is 2.44. The molecule has 0 unspecified atom stereocenters. The minimum atomic E-state index is -0.194. The Morgan fingerprint density at radius 1 is 1.32 bits per heavy atom. The second kappa shape index (κ2) is 5.48.